The zero-order chi connectivity index (χ0) is 16.5. The topological polar surface area (TPSA) is 57.6 Å². The van der Waals surface area contributed by atoms with E-state index in [-0.39, 0.29) is 24.4 Å². The first-order chi connectivity index (χ1) is 10.2. The number of rotatable bonds is 4. The largest absolute Gasteiger partial charge is 0.481 e. The van der Waals surface area contributed by atoms with Crippen LogP contribution in [0.1, 0.15) is 38.2 Å². The van der Waals surface area contributed by atoms with Gasteiger partial charge in [-0.1, -0.05) is 13.0 Å². The summed E-state index contributed by atoms with van der Waals surface area (Å²) in [6.45, 7) is 3.87. The fraction of sp³-hybridized carbons (Fsp3) is 0.500. The Hall–Kier alpha value is -1.98. The molecule has 0 spiro atoms. The Balaban J connectivity index is 2.02. The van der Waals surface area contributed by atoms with Crippen LogP contribution in [0.25, 0.3) is 0 Å². The molecule has 1 aliphatic rings. The number of carboxylic acid groups (broad SMARTS) is 1. The molecule has 2 unspecified atom stereocenters. The Morgan fingerprint density at radius 1 is 1.41 bits per heavy atom. The summed E-state index contributed by atoms with van der Waals surface area (Å²) in [5.74, 6) is -2.85. The van der Waals surface area contributed by atoms with Gasteiger partial charge < -0.3 is 10.0 Å². The van der Waals surface area contributed by atoms with E-state index in [2.05, 4.69) is 0 Å². The maximum absolute atomic E-state index is 13.7. The number of carbonyl (C=O) groups is 2. The van der Waals surface area contributed by atoms with Crippen molar-refractivity contribution in [2.24, 2.45) is 5.41 Å². The Morgan fingerprint density at radius 2 is 2.09 bits per heavy atom. The molecule has 1 saturated heterocycles. The van der Waals surface area contributed by atoms with E-state index in [1.165, 1.54) is 11.0 Å². The number of likely N-dealkylation sites (tertiary alicyclic amines) is 1. The molecule has 0 aromatic heterocycles. The monoisotopic (exact) mass is 311 g/mol. The van der Waals surface area contributed by atoms with Crippen molar-refractivity contribution in [1.82, 2.24) is 4.90 Å². The fourth-order valence-electron chi connectivity index (χ4n) is 2.75. The van der Waals surface area contributed by atoms with E-state index in [1.807, 2.05) is 0 Å². The van der Waals surface area contributed by atoms with Crippen LogP contribution < -0.4 is 0 Å². The van der Waals surface area contributed by atoms with E-state index >= 15 is 0 Å². The van der Waals surface area contributed by atoms with E-state index in [9.17, 15) is 23.5 Å². The summed E-state index contributed by atoms with van der Waals surface area (Å²) >= 11 is 0. The van der Waals surface area contributed by atoms with Gasteiger partial charge in [-0.3, -0.25) is 9.59 Å². The normalized spacial score (nSPS) is 22.6. The SMILES string of the molecule is CC(CC(=O)N1CCC(C)(C(=O)O)C1)c1ccc(F)cc1F. The lowest BCUT2D eigenvalue weighted by Gasteiger charge is -2.22. The van der Waals surface area contributed by atoms with Crippen LogP contribution in [0.3, 0.4) is 0 Å². The van der Waals surface area contributed by atoms with Crippen molar-refractivity contribution in [1.29, 1.82) is 0 Å². The minimum Gasteiger partial charge on any atom is -0.481 e. The highest BCUT2D eigenvalue weighted by molar-refractivity contribution is 5.81. The summed E-state index contributed by atoms with van der Waals surface area (Å²) in [5, 5.41) is 9.17. The van der Waals surface area contributed by atoms with Crippen LogP contribution in [0.15, 0.2) is 18.2 Å². The molecule has 22 heavy (non-hydrogen) atoms. The summed E-state index contributed by atoms with van der Waals surface area (Å²) in [6, 6.07) is 3.30. The lowest BCUT2D eigenvalue weighted by molar-refractivity contribution is -0.147. The van der Waals surface area contributed by atoms with Crippen molar-refractivity contribution < 1.29 is 23.5 Å². The second-order valence-corrected chi connectivity index (χ2v) is 6.20. The first kappa shape index (κ1) is 16.4. The average molecular weight is 311 g/mol. The molecule has 1 aromatic carbocycles. The van der Waals surface area contributed by atoms with Gasteiger partial charge in [0, 0.05) is 25.6 Å². The number of benzene rings is 1. The van der Waals surface area contributed by atoms with Crippen molar-refractivity contribution in [3.05, 3.63) is 35.4 Å². The second kappa shape index (κ2) is 6.02. The fourth-order valence-corrected chi connectivity index (χ4v) is 2.75. The van der Waals surface area contributed by atoms with Crippen LogP contribution in [-0.4, -0.2) is 35.0 Å². The third-order valence-corrected chi connectivity index (χ3v) is 4.32. The lowest BCUT2D eigenvalue weighted by Crippen LogP contribution is -2.35. The number of carbonyl (C=O) groups excluding carboxylic acids is 1. The van der Waals surface area contributed by atoms with Crippen LogP contribution in [0, 0.1) is 17.0 Å². The molecule has 1 heterocycles. The van der Waals surface area contributed by atoms with Gasteiger partial charge in [0.25, 0.3) is 0 Å². The number of hydrogen-bond donors (Lipinski definition) is 1. The quantitative estimate of drug-likeness (QED) is 0.930. The molecule has 0 radical (unpaired) electrons. The molecule has 6 heteroatoms. The average Bonchev–Trinajstić information content (AvgIpc) is 2.82. The predicted molar refractivity (Wildman–Crippen MR) is 76.3 cm³/mol. The number of halogens is 2. The van der Waals surface area contributed by atoms with E-state index in [0.29, 0.717) is 13.0 Å². The second-order valence-electron chi connectivity index (χ2n) is 6.20. The van der Waals surface area contributed by atoms with Crippen molar-refractivity contribution in [2.75, 3.05) is 13.1 Å². The number of amides is 1. The maximum atomic E-state index is 13.7. The van der Waals surface area contributed by atoms with Gasteiger partial charge in [0.1, 0.15) is 11.6 Å². The van der Waals surface area contributed by atoms with E-state index in [0.717, 1.165) is 12.1 Å². The van der Waals surface area contributed by atoms with Crippen LogP contribution in [0.4, 0.5) is 8.78 Å². The summed E-state index contributed by atoms with van der Waals surface area (Å²) in [5.41, 5.74) is -0.630. The Morgan fingerprint density at radius 3 is 2.64 bits per heavy atom. The highest BCUT2D eigenvalue weighted by Crippen LogP contribution is 2.32. The van der Waals surface area contributed by atoms with Crippen LogP contribution in [-0.2, 0) is 9.59 Å². The van der Waals surface area contributed by atoms with E-state index in [4.69, 9.17) is 0 Å². The first-order valence-electron chi connectivity index (χ1n) is 7.19. The lowest BCUT2D eigenvalue weighted by atomic mass is 9.90. The maximum Gasteiger partial charge on any atom is 0.311 e. The van der Waals surface area contributed by atoms with Gasteiger partial charge in [0.15, 0.2) is 0 Å². The van der Waals surface area contributed by atoms with Gasteiger partial charge in [-0.05, 0) is 30.9 Å². The van der Waals surface area contributed by atoms with Crippen molar-refractivity contribution in [2.45, 2.75) is 32.6 Å². The summed E-state index contributed by atoms with van der Waals surface area (Å²) in [6.07, 6.45) is 0.478. The highest BCUT2D eigenvalue weighted by Gasteiger charge is 2.42. The molecule has 2 rings (SSSR count). The zero-order valence-electron chi connectivity index (χ0n) is 12.6. The molecule has 0 bridgehead atoms. The molecule has 1 aromatic rings. The highest BCUT2D eigenvalue weighted by atomic mass is 19.1. The minimum atomic E-state index is -0.917. The Bertz CT molecular complexity index is 605. The smallest absolute Gasteiger partial charge is 0.311 e. The molecule has 1 aliphatic heterocycles. The molecule has 2 atom stereocenters. The van der Waals surface area contributed by atoms with Gasteiger partial charge >= 0.3 is 5.97 Å². The molecule has 1 amide bonds. The van der Waals surface area contributed by atoms with E-state index in [1.54, 1.807) is 13.8 Å². The number of carboxylic acids is 1. The van der Waals surface area contributed by atoms with Crippen LogP contribution in [0.5, 0.6) is 0 Å². The van der Waals surface area contributed by atoms with Gasteiger partial charge in [0.05, 0.1) is 5.41 Å². The summed E-state index contributed by atoms with van der Waals surface area (Å²) < 4.78 is 26.6. The molecule has 120 valence electrons. The molecule has 0 aliphatic carbocycles. The van der Waals surface area contributed by atoms with Gasteiger partial charge in [-0.25, -0.2) is 8.78 Å². The third kappa shape index (κ3) is 3.26. The summed E-state index contributed by atoms with van der Waals surface area (Å²) in [7, 11) is 0. The molecular formula is C16H19F2NO3. The van der Waals surface area contributed by atoms with Gasteiger partial charge in [-0.15, -0.1) is 0 Å². The molecule has 1 fully saturated rings. The predicted octanol–water partition coefficient (Wildman–Crippen LogP) is 2.78. The van der Waals surface area contributed by atoms with E-state index < -0.39 is 28.9 Å². The zero-order valence-corrected chi connectivity index (χ0v) is 12.6. The molecule has 1 N–H and O–H groups in total. The van der Waals surface area contributed by atoms with Gasteiger partial charge in [-0.2, -0.15) is 0 Å². The van der Waals surface area contributed by atoms with Crippen molar-refractivity contribution in [3.63, 3.8) is 0 Å². The third-order valence-electron chi connectivity index (χ3n) is 4.32. The Kier molecular flexibility index (Phi) is 4.49. The van der Waals surface area contributed by atoms with Crippen LogP contribution in [0.2, 0.25) is 0 Å². The number of nitrogens with zero attached hydrogens (tertiary/aromatic N) is 1. The van der Waals surface area contributed by atoms with Gasteiger partial charge in [0.2, 0.25) is 5.91 Å². The molecule has 4 nitrogen and oxygen atoms in total. The standard InChI is InChI=1S/C16H19F2NO3/c1-10(12-4-3-11(17)8-13(12)18)7-14(20)19-6-5-16(2,9-19)15(21)22/h3-4,8,10H,5-7,9H2,1-2H3,(H,21,22). The Labute approximate surface area is 127 Å². The number of hydrogen-bond acceptors (Lipinski definition) is 2. The van der Waals surface area contributed by atoms with Crippen molar-refractivity contribution in [3.8, 4) is 0 Å². The molecular weight excluding hydrogens is 292 g/mol. The van der Waals surface area contributed by atoms with Crippen LogP contribution >= 0.6 is 0 Å². The molecule has 0 saturated carbocycles. The minimum absolute atomic E-state index is 0.0677. The van der Waals surface area contributed by atoms with Crippen molar-refractivity contribution >= 4 is 11.9 Å². The first-order valence-corrected chi connectivity index (χ1v) is 7.19. The number of aliphatic carboxylic acids is 1. The summed E-state index contributed by atoms with van der Waals surface area (Å²) in [4.78, 5) is 24.9.